The number of hydrogen-bond acceptors (Lipinski definition) is 8. The summed E-state index contributed by atoms with van der Waals surface area (Å²) in [5, 5.41) is 5.22. The van der Waals surface area contributed by atoms with Gasteiger partial charge in [0.15, 0.2) is 11.8 Å². The van der Waals surface area contributed by atoms with Gasteiger partial charge in [0.05, 0.1) is 34.6 Å². The molecule has 1 saturated heterocycles. The lowest BCUT2D eigenvalue weighted by atomic mass is 9.85. The minimum atomic E-state index is -1.01. The number of halogens is 1. The number of carbonyl (C=O) groups excluding carboxylic acids is 1. The lowest BCUT2D eigenvalue weighted by molar-refractivity contribution is -0.166. The molecule has 0 radical (unpaired) electrons. The first kappa shape index (κ1) is 32.5. The maximum Gasteiger partial charge on any atom is 0.340 e. The molecule has 2 aromatic carbocycles. The van der Waals surface area contributed by atoms with Crippen LogP contribution in [0.25, 0.3) is 28.0 Å². The van der Waals surface area contributed by atoms with E-state index < -0.39 is 17.7 Å². The third kappa shape index (κ3) is 5.72. The Bertz CT molecular complexity index is 1890. The average molecular weight is 657 g/mol. The van der Waals surface area contributed by atoms with Gasteiger partial charge in [0, 0.05) is 42.6 Å². The molecule has 254 valence electrons. The summed E-state index contributed by atoms with van der Waals surface area (Å²) in [6.07, 6.45) is 1.74. The molecule has 1 fully saturated rings. The number of ether oxygens (including phenoxy) is 4. The second-order valence-electron chi connectivity index (χ2n) is 14.5. The van der Waals surface area contributed by atoms with Crippen molar-refractivity contribution in [3.8, 4) is 28.1 Å². The maximum absolute atomic E-state index is 15.8. The van der Waals surface area contributed by atoms with E-state index in [4.69, 9.17) is 29.0 Å². The molecule has 4 aromatic rings. The number of anilines is 1. The summed E-state index contributed by atoms with van der Waals surface area (Å²) in [6, 6.07) is 11.6. The van der Waals surface area contributed by atoms with E-state index in [0.29, 0.717) is 65.6 Å². The summed E-state index contributed by atoms with van der Waals surface area (Å²) >= 11 is 0. The highest BCUT2D eigenvalue weighted by Gasteiger charge is 2.39. The Morgan fingerprint density at radius 1 is 1.15 bits per heavy atom. The summed E-state index contributed by atoms with van der Waals surface area (Å²) in [5.74, 6) is 0.564. The fourth-order valence-corrected chi connectivity index (χ4v) is 7.36. The van der Waals surface area contributed by atoms with E-state index in [1.165, 1.54) is 0 Å². The molecule has 0 N–H and O–H groups in total. The van der Waals surface area contributed by atoms with Crippen molar-refractivity contribution in [3.63, 3.8) is 0 Å². The zero-order chi connectivity index (χ0) is 34.0. The first-order chi connectivity index (χ1) is 22.9. The average Bonchev–Trinajstić information content (AvgIpc) is 3.46. The maximum atomic E-state index is 15.8. The second kappa shape index (κ2) is 12.1. The van der Waals surface area contributed by atoms with Crippen LogP contribution < -0.4 is 9.64 Å². The molecule has 6 heterocycles. The van der Waals surface area contributed by atoms with Gasteiger partial charge in [0.25, 0.3) is 0 Å². The first-order valence-corrected chi connectivity index (χ1v) is 17.1. The van der Waals surface area contributed by atoms with Gasteiger partial charge in [-0.1, -0.05) is 24.3 Å². The molecular formula is C38H45FN4O5. The van der Waals surface area contributed by atoms with Crippen LogP contribution in [0.4, 0.5) is 10.2 Å². The molecule has 0 aliphatic carbocycles. The molecule has 0 saturated carbocycles. The van der Waals surface area contributed by atoms with Gasteiger partial charge in [0.1, 0.15) is 23.5 Å². The smallest absolute Gasteiger partial charge is 0.340 e. The van der Waals surface area contributed by atoms with Crippen molar-refractivity contribution < 1.29 is 28.1 Å². The van der Waals surface area contributed by atoms with Crippen LogP contribution in [0.15, 0.2) is 36.4 Å². The molecule has 48 heavy (non-hydrogen) atoms. The van der Waals surface area contributed by atoms with Crippen molar-refractivity contribution in [3.05, 3.63) is 64.6 Å². The third-order valence-electron chi connectivity index (χ3n) is 9.76. The number of benzene rings is 2. The molecule has 0 spiro atoms. The quantitative estimate of drug-likeness (QED) is 0.205. The van der Waals surface area contributed by atoms with Crippen LogP contribution >= 0.6 is 0 Å². The summed E-state index contributed by atoms with van der Waals surface area (Å²) in [7, 11) is 0. The van der Waals surface area contributed by atoms with E-state index in [1.807, 2.05) is 62.5 Å². The first-order valence-electron chi connectivity index (χ1n) is 17.1. The summed E-state index contributed by atoms with van der Waals surface area (Å²) in [6.45, 7) is 15.6. The SMILES string of the molecule is CCOC(=O)[C@@H](OC(C)(C)C)c1c(C)nc2cc3nn2c1N1CCC(C)(CC1)OCCC[C@H]1Oc2ccc(C)c(F)c2-c2cccc-3c21. The van der Waals surface area contributed by atoms with Crippen LogP contribution in [-0.2, 0) is 19.0 Å². The topological polar surface area (TPSA) is 87.4 Å². The van der Waals surface area contributed by atoms with E-state index in [2.05, 4.69) is 11.8 Å². The van der Waals surface area contributed by atoms with Crippen LogP contribution in [-0.4, -0.2) is 58.1 Å². The van der Waals surface area contributed by atoms with Crippen molar-refractivity contribution in [2.24, 2.45) is 0 Å². The van der Waals surface area contributed by atoms with Gasteiger partial charge >= 0.3 is 5.97 Å². The Hall–Kier alpha value is -4.02. The van der Waals surface area contributed by atoms with Gasteiger partial charge in [-0.2, -0.15) is 9.61 Å². The summed E-state index contributed by atoms with van der Waals surface area (Å²) < 4.78 is 42.9. The number of hydrogen-bond donors (Lipinski definition) is 0. The van der Waals surface area contributed by atoms with E-state index in [1.54, 1.807) is 19.9 Å². The highest BCUT2D eigenvalue weighted by Crippen LogP contribution is 2.49. The van der Waals surface area contributed by atoms with Gasteiger partial charge in [-0.3, -0.25) is 0 Å². The fourth-order valence-electron chi connectivity index (χ4n) is 7.36. The molecular weight excluding hydrogens is 611 g/mol. The van der Waals surface area contributed by atoms with Crippen molar-refractivity contribution in [2.75, 3.05) is 31.2 Å². The van der Waals surface area contributed by atoms with Crippen LogP contribution in [0.1, 0.15) is 94.9 Å². The van der Waals surface area contributed by atoms with Crippen LogP contribution in [0.5, 0.6) is 5.75 Å². The molecule has 4 aliphatic rings. The number of fused-ring (bicyclic) bond motifs is 7. The zero-order valence-electron chi connectivity index (χ0n) is 29.0. The summed E-state index contributed by atoms with van der Waals surface area (Å²) in [4.78, 5) is 20.9. The van der Waals surface area contributed by atoms with Crippen molar-refractivity contribution in [2.45, 2.75) is 97.6 Å². The number of esters is 1. The van der Waals surface area contributed by atoms with E-state index in [9.17, 15) is 4.79 Å². The van der Waals surface area contributed by atoms with Gasteiger partial charge < -0.3 is 23.8 Å². The standard InChI is InChI=1S/C38H45FN4O5/c1-8-45-36(44)34(48-37(4,5)6)30-23(3)40-29-21-26-24-11-9-12-25-31(24)27(47-28-15-14-22(2)33(39)32(25)28)13-10-20-46-38(7)16-18-42(19-17-38)35(30)43(29)41-26/h9,11-12,14-15,21,27,34H,8,10,13,16-20H2,1-7H3/t27-,34+/m1/s1. The molecule has 9 nitrogen and oxygen atoms in total. The molecule has 2 atom stereocenters. The van der Waals surface area contributed by atoms with Gasteiger partial charge in [-0.15, -0.1) is 0 Å². The van der Waals surface area contributed by atoms with Crippen molar-refractivity contribution >= 4 is 17.4 Å². The molecule has 8 rings (SSSR count). The van der Waals surface area contributed by atoms with E-state index >= 15 is 4.39 Å². The van der Waals surface area contributed by atoms with E-state index in [0.717, 1.165) is 41.8 Å². The molecule has 4 aliphatic heterocycles. The summed E-state index contributed by atoms with van der Waals surface area (Å²) in [5.41, 5.74) is 5.31. The zero-order valence-corrected chi connectivity index (χ0v) is 29.0. The van der Waals surface area contributed by atoms with Crippen molar-refractivity contribution in [1.29, 1.82) is 0 Å². The normalized spacial score (nSPS) is 21.2. The predicted molar refractivity (Wildman–Crippen MR) is 182 cm³/mol. The molecule has 10 heteroatoms. The van der Waals surface area contributed by atoms with Gasteiger partial charge in [0.2, 0.25) is 0 Å². The Morgan fingerprint density at radius 2 is 1.90 bits per heavy atom. The van der Waals surface area contributed by atoms with Crippen LogP contribution in [0.3, 0.4) is 0 Å². The minimum Gasteiger partial charge on any atom is -0.485 e. The van der Waals surface area contributed by atoms with Crippen molar-refractivity contribution in [1.82, 2.24) is 14.6 Å². The lowest BCUT2D eigenvalue weighted by Gasteiger charge is -2.41. The number of nitrogens with zero attached hydrogens (tertiary/aromatic N) is 4. The molecule has 4 bridgehead atoms. The molecule has 0 amide bonds. The van der Waals surface area contributed by atoms with Crippen LogP contribution in [0, 0.1) is 19.7 Å². The predicted octanol–water partition coefficient (Wildman–Crippen LogP) is 7.84. The number of carbonyl (C=O) groups is 1. The van der Waals surface area contributed by atoms with Gasteiger partial charge in [-0.05, 0) is 91.3 Å². The Morgan fingerprint density at radius 3 is 2.62 bits per heavy atom. The fraction of sp³-hybridized carbons (Fsp3) is 0.500. The number of rotatable bonds is 4. The largest absolute Gasteiger partial charge is 0.485 e. The Kier molecular flexibility index (Phi) is 8.23. The van der Waals surface area contributed by atoms with Crippen LogP contribution in [0.2, 0.25) is 0 Å². The van der Waals surface area contributed by atoms with E-state index in [-0.39, 0.29) is 24.1 Å². The number of aryl methyl sites for hydroxylation is 2. The highest BCUT2D eigenvalue weighted by molar-refractivity contribution is 5.85. The highest BCUT2D eigenvalue weighted by atomic mass is 19.1. The molecule has 0 unspecified atom stereocenters. The second-order valence-corrected chi connectivity index (χ2v) is 14.5. The monoisotopic (exact) mass is 656 g/mol. The Labute approximate surface area is 281 Å². The lowest BCUT2D eigenvalue weighted by Crippen LogP contribution is -2.46. The number of aromatic nitrogens is 3. The minimum absolute atomic E-state index is 0.226. The molecule has 2 aromatic heterocycles. The Balaban J connectivity index is 1.49. The number of piperidine rings is 1. The third-order valence-corrected chi connectivity index (χ3v) is 9.76. The van der Waals surface area contributed by atoms with Gasteiger partial charge in [-0.25, -0.2) is 14.2 Å².